The molecule has 0 saturated carbocycles. The fraction of sp³-hybridized carbons (Fsp3) is 0.154. The Kier molecular flexibility index (Phi) is 3.69. The van der Waals surface area contributed by atoms with E-state index in [0.29, 0.717) is 22.5 Å². The van der Waals surface area contributed by atoms with E-state index in [-0.39, 0.29) is 11.7 Å². The van der Waals surface area contributed by atoms with Gasteiger partial charge >= 0.3 is 0 Å². The van der Waals surface area contributed by atoms with Crippen LogP contribution in [0.25, 0.3) is 0 Å². The SMILES string of the molecule is Cc1nn(C)cc1C(=O)Nc1ccccc1/C(N)=N/O. The number of nitrogens with two attached hydrogens (primary N) is 1. The van der Waals surface area contributed by atoms with Gasteiger partial charge in [-0.2, -0.15) is 5.10 Å². The van der Waals surface area contributed by atoms with Crippen molar-refractivity contribution in [3.63, 3.8) is 0 Å². The van der Waals surface area contributed by atoms with Gasteiger partial charge < -0.3 is 16.3 Å². The molecule has 0 unspecified atom stereocenters. The number of amidine groups is 1. The van der Waals surface area contributed by atoms with Crippen LogP contribution in [-0.2, 0) is 7.05 Å². The van der Waals surface area contributed by atoms with Crippen LogP contribution in [-0.4, -0.2) is 26.7 Å². The van der Waals surface area contributed by atoms with E-state index in [9.17, 15) is 4.79 Å². The van der Waals surface area contributed by atoms with Gasteiger partial charge in [0.15, 0.2) is 5.84 Å². The van der Waals surface area contributed by atoms with Crippen molar-refractivity contribution in [2.24, 2.45) is 17.9 Å². The molecule has 1 aromatic heterocycles. The Morgan fingerprint density at radius 2 is 2.10 bits per heavy atom. The summed E-state index contributed by atoms with van der Waals surface area (Å²) in [6, 6.07) is 6.82. The molecule has 20 heavy (non-hydrogen) atoms. The number of hydrogen-bond donors (Lipinski definition) is 3. The van der Waals surface area contributed by atoms with Crippen molar-refractivity contribution in [1.82, 2.24) is 9.78 Å². The molecule has 2 rings (SSSR count). The number of rotatable bonds is 3. The molecule has 0 fully saturated rings. The number of aromatic nitrogens is 2. The molecule has 1 aromatic carbocycles. The number of carbonyl (C=O) groups excluding carboxylic acids is 1. The molecular weight excluding hydrogens is 258 g/mol. The lowest BCUT2D eigenvalue weighted by molar-refractivity contribution is 0.102. The Morgan fingerprint density at radius 3 is 2.70 bits per heavy atom. The number of para-hydroxylation sites is 1. The van der Waals surface area contributed by atoms with Gasteiger partial charge in [0.05, 0.1) is 16.9 Å². The second-order valence-corrected chi connectivity index (χ2v) is 4.29. The van der Waals surface area contributed by atoms with Crippen LogP contribution in [0.15, 0.2) is 35.6 Å². The van der Waals surface area contributed by atoms with Gasteiger partial charge in [-0.05, 0) is 19.1 Å². The zero-order valence-electron chi connectivity index (χ0n) is 11.2. The van der Waals surface area contributed by atoms with E-state index in [2.05, 4.69) is 15.6 Å². The molecule has 7 heteroatoms. The minimum Gasteiger partial charge on any atom is -0.409 e. The number of anilines is 1. The largest absolute Gasteiger partial charge is 0.409 e. The van der Waals surface area contributed by atoms with Crippen molar-refractivity contribution < 1.29 is 10.0 Å². The quantitative estimate of drug-likeness (QED) is 0.336. The van der Waals surface area contributed by atoms with Crippen LogP contribution in [0, 0.1) is 6.92 Å². The second-order valence-electron chi connectivity index (χ2n) is 4.29. The lowest BCUT2D eigenvalue weighted by Gasteiger charge is -2.09. The molecule has 0 saturated heterocycles. The number of nitrogens with zero attached hydrogens (tertiary/aromatic N) is 3. The maximum absolute atomic E-state index is 12.2. The second kappa shape index (κ2) is 5.43. The molecule has 1 amide bonds. The van der Waals surface area contributed by atoms with E-state index in [1.807, 2.05) is 0 Å². The van der Waals surface area contributed by atoms with Gasteiger partial charge in [0.25, 0.3) is 5.91 Å². The summed E-state index contributed by atoms with van der Waals surface area (Å²) in [6.07, 6.45) is 1.64. The number of aryl methyl sites for hydroxylation is 2. The Balaban J connectivity index is 2.31. The summed E-state index contributed by atoms with van der Waals surface area (Å²) in [5.74, 6) is -0.363. The van der Waals surface area contributed by atoms with Gasteiger partial charge in [-0.1, -0.05) is 17.3 Å². The van der Waals surface area contributed by atoms with E-state index in [4.69, 9.17) is 10.9 Å². The van der Waals surface area contributed by atoms with Crippen LogP contribution >= 0.6 is 0 Å². The maximum Gasteiger partial charge on any atom is 0.259 e. The van der Waals surface area contributed by atoms with E-state index in [1.54, 1.807) is 49.1 Å². The van der Waals surface area contributed by atoms with Gasteiger partial charge in [-0.25, -0.2) is 0 Å². The third kappa shape index (κ3) is 2.61. The third-order valence-electron chi connectivity index (χ3n) is 2.82. The first kappa shape index (κ1) is 13.6. The molecule has 0 bridgehead atoms. The number of amides is 1. The normalized spacial score (nSPS) is 11.4. The molecule has 0 aliphatic rings. The fourth-order valence-corrected chi connectivity index (χ4v) is 1.88. The van der Waals surface area contributed by atoms with E-state index in [0.717, 1.165) is 0 Å². The predicted molar refractivity (Wildman–Crippen MR) is 74.9 cm³/mol. The number of oxime groups is 1. The summed E-state index contributed by atoms with van der Waals surface area (Å²) in [4.78, 5) is 12.2. The molecule has 2 aromatic rings. The average molecular weight is 273 g/mol. The van der Waals surface area contributed by atoms with Crippen molar-refractivity contribution in [3.05, 3.63) is 47.3 Å². The van der Waals surface area contributed by atoms with Crippen molar-refractivity contribution in [1.29, 1.82) is 0 Å². The maximum atomic E-state index is 12.2. The summed E-state index contributed by atoms with van der Waals surface area (Å²) in [5, 5.41) is 18.5. The Hall–Kier alpha value is -2.83. The highest BCUT2D eigenvalue weighted by atomic mass is 16.4. The first-order valence-electron chi connectivity index (χ1n) is 5.91. The third-order valence-corrected chi connectivity index (χ3v) is 2.82. The highest BCUT2D eigenvalue weighted by molar-refractivity contribution is 6.10. The van der Waals surface area contributed by atoms with E-state index < -0.39 is 0 Å². The van der Waals surface area contributed by atoms with Gasteiger partial charge in [-0.3, -0.25) is 9.48 Å². The number of hydrogen-bond acceptors (Lipinski definition) is 4. The van der Waals surface area contributed by atoms with Crippen molar-refractivity contribution in [2.45, 2.75) is 6.92 Å². The summed E-state index contributed by atoms with van der Waals surface area (Å²) < 4.78 is 1.57. The minimum absolute atomic E-state index is 0.0659. The smallest absolute Gasteiger partial charge is 0.259 e. The van der Waals surface area contributed by atoms with Crippen LogP contribution in [0.2, 0.25) is 0 Å². The predicted octanol–water partition coefficient (Wildman–Crippen LogP) is 1.08. The first-order valence-corrected chi connectivity index (χ1v) is 5.91. The molecule has 7 nitrogen and oxygen atoms in total. The van der Waals surface area contributed by atoms with Crippen LogP contribution in [0.5, 0.6) is 0 Å². The van der Waals surface area contributed by atoms with Gasteiger partial charge in [0, 0.05) is 18.8 Å². The van der Waals surface area contributed by atoms with Crippen molar-refractivity contribution >= 4 is 17.4 Å². The highest BCUT2D eigenvalue weighted by Crippen LogP contribution is 2.16. The number of nitrogens with one attached hydrogen (secondary N) is 1. The topological polar surface area (TPSA) is 106 Å². The minimum atomic E-state index is -0.297. The molecule has 0 aliphatic heterocycles. The molecule has 0 atom stereocenters. The number of carbonyl (C=O) groups is 1. The molecule has 104 valence electrons. The molecule has 0 spiro atoms. The van der Waals surface area contributed by atoms with Gasteiger partial charge in [-0.15, -0.1) is 0 Å². The molecule has 0 aliphatic carbocycles. The molecule has 1 heterocycles. The fourth-order valence-electron chi connectivity index (χ4n) is 1.88. The Labute approximate surface area is 115 Å². The van der Waals surface area contributed by atoms with Crippen LogP contribution < -0.4 is 11.1 Å². The zero-order chi connectivity index (χ0) is 14.7. The summed E-state index contributed by atoms with van der Waals surface area (Å²) in [6.45, 7) is 1.75. The molecule has 4 N–H and O–H groups in total. The van der Waals surface area contributed by atoms with Crippen LogP contribution in [0.1, 0.15) is 21.6 Å². The Morgan fingerprint density at radius 1 is 1.40 bits per heavy atom. The van der Waals surface area contributed by atoms with Gasteiger partial charge in [0.1, 0.15) is 0 Å². The Bertz CT molecular complexity index is 675. The average Bonchev–Trinajstić information content (AvgIpc) is 2.77. The molecule has 0 radical (unpaired) electrons. The van der Waals surface area contributed by atoms with Crippen molar-refractivity contribution in [2.75, 3.05) is 5.32 Å². The zero-order valence-corrected chi connectivity index (χ0v) is 11.2. The standard InChI is InChI=1S/C13H15N5O2/c1-8-10(7-18(2)16-8)13(19)15-11-6-4-3-5-9(11)12(14)17-20/h3-7,20H,1-2H3,(H2,14,17)(H,15,19). The van der Waals surface area contributed by atoms with Crippen molar-refractivity contribution in [3.8, 4) is 0 Å². The monoisotopic (exact) mass is 273 g/mol. The lowest BCUT2D eigenvalue weighted by Crippen LogP contribution is -2.19. The van der Waals surface area contributed by atoms with E-state index >= 15 is 0 Å². The molecular formula is C13H15N5O2. The summed E-state index contributed by atoms with van der Waals surface area (Å²) >= 11 is 0. The first-order chi connectivity index (χ1) is 9.52. The lowest BCUT2D eigenvalue weighted by atomic mass is 10.1. The van der Waals surface area contributed by atoms with Gasteiger partial charge in [0.2, 0.25) is 0 Å². The highest BCUT2D eigenvalue weighted by Gasteiger charge is 2.15. The summed E-state index contributed by atoms with van der Waals surface area (Å²) in [5.41, 5.74) is 7.60. The van der Waals surface area contributed by atoms with E-state index in [1.165, 1.54) is 0 Å². The number of benzene rings is 1. The summed E-state index contributed by atoms with van der Waals surface area (Å²) in [7, 11) is 1.74. The van der Waals surface area contributed by atoms with Crippen LogP contribution in [0.4, 0.5) is 5.69 Å². The van der Waals surface area contributed by atoms with Crippen LogP contribution in [0.3, 0.4) is 0 Å².